The standard InChI is InChI=1S/C22H27BrN2O4S/c1-6-28-16-10-14(23)9-13(19(16)26)11-24-20-18(21(27)29-22(2,3)4)15-7-8-25(5)12-17(15)30-20/h9-11,26H,6-8,12H2,1-5H3. The number of benzene rings is 1. The number of quaternary nitrogens is 1. The summed E-state index contributed by atoms with van der Waals surface area (Å²) in [6.07, 6.45) is 2.32. The second-order valence-electron chi connectivity index (χ2n) is 8.33. The van der Waals surface area contributed by atoms with E-state index in [1.807, 2.05) is 27.7 Å². The molecule has 0 bridgehead atoms. The Morgan fingerprint density at radius 3 is 2.80 bits per heavy atom. The van der Waals surface area contributed by atoms with E-state index in [0.717, 1.165) is 34.4 Å². The first-order valence-electron chi connectivity index (χ1n) is 9.95. The van der Waals surface area contributed by atoms with E-state index >= 15 is 0 Å². The number of carbonyl (C=O) groups excluding carboxylic acids is 1. The van der Waals surface area contributed by atoms with E-state index in [1.54, 1.807) is 12.1 Å². The molecule has 0 aliphatic carbocycles. The van der Waals surface area contributed by atoms with Crippen LogP contribution in [0.3, 0.4) is 0 Å². The molecule has 2 heterocycles. The Morgan fingerprint density at radius 2 is 2.13 bits per heavy atom. The summed E-state index contributed by atoms with van der Waals surface area (Å²) in [6, 6.07) is 3.35. The molecule has 0 radical (unpaired) electrons. The normalized spacial score (nSPS) is 16.5. The van der Waals surface area contributed by atoms with E-state index in [-0.39, 0.29) is 17.5 Å². The molecule has 0 saturated heterocycles. The highest BCUT2D eigenvalue weighted by molar-refractivity contribution is 9.10. The Kier molecular flexibility index (Phi) is 6.89. The number of likely N-dealkylation sites (N-methyl/N-ethyl adjacent to an activating group) is 1. The zero-order valence-electron chi connectivity index (χ0n) is 17.9. The van der Waals surface area contributed by atoms with Gasteiger partial charge in [0, 0.05) is 17.1 Å². The molecule has 162 valence electrons. The van der Waals surface area contributed by atoms with Crippen LogP contribution in [-0.4, -0.2) is 38.0 Å². The summed E-state index contributed by atoms with van der Waals surface area (Å²) < 4.78 is 11.8. The number of aliphatic imine (C=N–C) groups is 1. The van der Waals surface area contributed by atoms with Gasteiger partial charge < -0.3 is 19.5 Å². The first-order valence-corrected chi connectivity index (χ1v) is 11.6. The van der Waals surface area contributed by atoms with Crippen molar-refractivity contribution >= 4 is 44.5 Å². The number of hydrogen-bond donors (Lipinski definition) is 1. The number of rotatable bonds is 5. The van der Waals surface area contributed by atoms with Gasteiger partial charge in [0.25, 0.3) is 0 Å². The molecular weight excluding hydrogens is 468 g/mol. The molecule has 1 aromatic carbocycles. The van der Waals surface area contributed by atoms with E-state index < -0.39 is 5.60 Å². The van der Waals surface area contributed by atoms with Crippen LogP contribution in [0.25, 0.3) is 0 Å². The Balaban J connectivity index is 2.03. The van der Waals surface area contributed by atoms with Crippen LogP contribution < -0.4 is 14.7 Å². The van der Waals surface area contributed by atoms with Crippen LogP contribution in [0, 0.1) is 0 Å². The van der Waals surface area contributed by atoms with Crippen molar-refractivity contribution < 1.29 is 24.3 Å². The predicted octanol–water partition coefficient (Wildman–Crippen LogP) is 3.26. The number of carbonyl (C=O) groups is 1. The molecule has 1 unspecified atom stereocenters. The minimum atomic E-state index is -0.595. The van der Waals surface area contributed by atoms with Gasteiger partial charge in [-0.2, -0.15) is 0 Å². The number of thiophene rings is 1. The number of hydrogen-bond acceptors (Lipinski definition) is 6. The summed E-state index contributed by atoms with van der Waals surface area (Å²) >= 11 is 4.91. The van der Waals surface area contributed by atoms with Gasteiger partial charge in [0.15, 0.2) is 0 Å². The largest absolute Gasteiger partial charge is 0.870 e. The van der Waals surface area contributed by atoms with Gasteiger partial charge in [-0.3, -0.25) is 0 Å². The van der Waals surface area contributed by atoms with Gasteiger partial charge >= 0.3 is 5.97 Å². The monoisotopic (exact) mass is 494 g/mol. The zero-order valence-corrected chi connectivity index (χ0v) is 20.3. The maximum Gasteiger partial charge on any atom is 0.342 e. The predicted molar refractivity (Wildman–Crippen MR) is 121 cm³/mol. The highest BCUT2D eigenvalue weighted by atomic mass is 79.9. The van der Waals surface area contributed by atoms with Crippen LogP contribution >= 0.6 is 27.3 Å². The average molecular weight is 495 g/mol. The average Bonchev–Trinajstić information content (AvgIpc) is 2.99. The summed E-state index contributed by atoms with van der Waals surface area (Å²) in [4.78, 5) is 20.1. The smallest absolute Gasteiger partial charge is 0.342 e. The molecule has 1 N–H and O–H groups in total. The lowest BCUT2D eigenvalue weighted by atomic mass is 10.0. The number of esters is 1. The summed E-state index contributed by atoms with van der Waals surface area (Å²) in [7, 11) is 2.14. The van der Waals surface area contributed by atoms with E-state index in [4.69, 9.17) is 9.47 Å². The fourth-order valence-corrected chi connectivity index (χ4v) is 5.06. The lowest BCUT2D eigenvalue weighted by molar-refractivity contribution is -0.895. The highest BCUT2D eigenvalue weighted by Crippen LogP contribution is 2.38. The molecule has 0 saturated carbocycles. The molecular formula is C22H27BrN2O4S. The Morgan fingerprint density at radius 1 is 1.40 bits per heavy atom. The SMILES string of the molecule is CCOc1cc(Br)cc(C=Nc2sc3c(c2C(=O)OC(C)(C)C)CC[NH+](C)C3)c1[O-]. The fraction of sp³-hybridized carbons (Fsp3) is 0.455. The Labute approximate surface area is 189 Å². The molecule has 1 aliphatic rings. The van der Waals surface area contributed by atoms with Crippen LogP contribution in [-0.2, 0) is 17.7 Å². The Hall–Kier alpha value is -1.90. The molecule has 1 aliphatic heterocycles. The van der Waals surface area contributed by atoms with Gasteiger partial charge in [-0.1, -0.05) is 21.7 Å². The third kappa shape index (κ3) is 5.22. The number of halogens is 1. The minimum Gasteiger partial charge on any atom is -0.870 e. The van der Waals surface area contributed by atoms with Crippen molar-refractivity contribution in [2.45, 2.75) is 46.3 Å². The summed E-state index contributed by atoms with van der Waals surface area (Å²) in [5, 5.41) is 13.2. The molecule has 0 fully saturated rings. The second-order valence-corrected chi connectivity index (χ2v) is 10.3. The molecule has 1 atom stereocenters. The van der Waals surface area contributed by atoms with Crippen molar-refractivity contribution in [3.8, 4) is 11.5 Å². The minimum absolute atomic E-state index is 0.229. The van der Waals surface area contributed by atoms with Gasteiger partial charge in [-0.05, 0) is 51.0 Å². The van der Waals surface area contributed by atoms with Crippen molar-refractivity contribution in [3.63, 3.8) is 0 Å². The molecule has 0 amide bonds. The van der Waals surface area contributed by atoms with Crippen molar-refractivity contribution in [2.75, 3.05) is 20.2 Å². The van der Waals surface area contributed by atoms with Crippen LogP contribution in [0.15, 0.2) is 21.6 Å². The Bertz CT molecular complexity index is 978. The molecule has 6 nitrogen and oxygen atoms in total. The molecule has 2 aromatic rings. The summed E-state index contributed by atoms with van der Waals surface area (Å²) in [5.74, 6) is -0.317. The second kappa shape index (κ2) is 9.08. The summed E-state index contributed by atoms with van der Waals surface area (Å²) in [6.45, 7) is 9.59. The highest BCUT2D eigenvalue weighted by Gasteiger charge is 2.31. The number of nitrogens with zero attached hydrogens (tertiary/aromatic N) is 1. The number of fused-ring (bicyclic) bond motifs is 1. The van der Waals surface area contributed by atoms with Crippen LogP contribution in [0.2, 0.25) is 0 Å². The van der Waals surface area contributed by atoms with Crippen LogP contribution in [0.5, 0.6) is 11.5 Å². The number of ether oxygens (including phenoxy) is 2. The lowest BCUT2D eigenvalue weighted by Gasteiger charge is -2.22. The van der Waals surface area contributed by atoms with E-state index in [0.29, 0.717) is 22.7 Å². The molecule has 1 aromatic heterocycles. The maximum absolute atomic E-state index is 13.0. The fourth-order valence-electron chi connectivity index (χ4n) is 3.31. The topological polar surface area (TPSA) is 75.4 Å². The molecule has 3 rings (SSSR count). The van der Waals surface area contributed by atoms with Crippen molar-refractivity contribution in [2.24, 2.45) is 4.99 Å². The first-order chi connectivity index (χ1) is 14.1. The quantitative estimate of drug-likeness (QED) is 0.511. The molecule has 8 heteroatoms. The zero-order chi connectivity index (χ0) is 22.1. The van der Waals surface area contributed by atoms with Gasteiger partial charge in [0.1, 0.15) is 28.5 Å². The van der Waals surface area contributed by atoms with Gasteiger partial charge in [-0.25, -0.2) is 9.79 Å². The van der Waals surface area contributed by atoms with Crippen molar-refractivity contribution in [3.05, 3.63) is 38.2 Å². The van der Waals surface area contributed by atoms with E-state index in [9.17, 15) is 9.90 Å². The molecule has 0 spiro atoms. The third-order valence-electron chi connectivity index (χ3n) is 4.61. The number of nitrogens with one attached hydrogen (secondary N) is 1. The van der Waals surface area contributed by atoms with E-state index in [2.05, 4.69) is 28.0 Å². The van der Waals surface area contributed by atoms with Crippen LogP contribution in [0.4, 0.5) is 5.00 Å². The van der Waals surface area contributed by atoms with E-state index in [1.165, 1.54) is 22.5 Å². The van der Waals surface area contributed by atoms with Crippen molar-refractivity contribution in [1.82, 2.24) is 0 Å². The third-order valence-corrected chi connectivity index (χ3v) is 6.21. The summed E-state index contributed by atoms with van der Waals surface area (Å²) in [5.41, 5.74) is 1.36. The first kappa shape index (κ1) is 22.8. The van der Waals surface area contributed by atoms with Crippen LogP contribution in [0.1, 0.15) is 54.1 Å². The van der Waals surface area contributed by atoms with Gasteiger partial charge in [-0.15, -0.1) is 11.3 Å². The van der Waals surface area contributed by atoms with Gasteiger partial charge in [0.2, 0.25) is 0 Å². The maximum atomic E-state index is 13.0. The van der Waals surface area contributed by atoms with Gasteiger partial charge in [0.05, 0.1) is 25.1 Å². The van der Waals surface area contributed by atoms with Crippen molar-refractivity contribution in [1.29, 1.82) is 0 Å². The lowest BCUT2D eigenvalue weighted by Crippen LogP contribution is -3.08. The molecule has 30 heavy (non-hydrogen) atoms.